The van der Waals surface area contributed by atoms with Crippen LogP contribution in [0.4, 0.5) is 4.79 Å². The van der Waals surface area contributed by atoms with E-state index >= 15 is 0 Å². The minimum atomic E-state index is -1.02. The van der Waals surface area contributed by atoms with Gasteiger partial charge < -0.3 is 15.3 Å². The Balaban J connectivity index is 2.56. The summed E-state index contributed by atoms with van der Waals surface area (Å²) in [7, 11) is 1.64. The van der Waals surface area contributed by atoms with E-state index < -0.39 is 18.0 Å². The lowest BCUT2D eigenvalue weighted by molar-refractivity contribution is -0.140. The van der Waals surface area contributed by atoms with Gasteiger partial charge >= 0.3 is 12.0 Å². The highest BCUT2D eigenvalue weighted by atomic mass is 32.1. The number of unbranched alkanes of at least 4 members (excludes halogenated alkanes) is 1. The van der Waals surface area contributed by atoms with Crippen LogP contribution in [0.5, 0.6) is 0 Å². The fourth-order valence-corrected chi connectivity index (χ4v) is 2.77. The molecule has 0 unspecified atom stereocenters. The standard InChI is InChI=1S/C15H25N3O3S/c1-5-6-7-12-16-11(9-22-12)8-18(4)15(21)17-13(10(2)3)14(19)20/h9-10,13H,5-8H2,1-4H3,(H,17,21)(H,19,20)/t13-/m0/s1. The highest BCUT2D eigenvalue weighted by Gasteiger charge is 2.25. The van der Waals surface area contributed by atoms with Crippen LogP contribution in [-0.4, -0.2) is 40.1 Å². The Bertz CT molecular complexity index is 502. The number of aryl methyl sites for hydroxylation is 1. The lowest BCUT2D eigenvalue weighted by Gasteiger charge is -2.22. The quantitative estimate of drug-likeness (QED) is 0.769. The molecule has 7 heteroatoms. The van der Waals surface area contributed by atoms with Crippen molar-refractivity contribution in [3.63, 3.8) is 0 Å². The van der Waals surface area contributed by atoms with Gasteiger partial charge in [0.2, 0.25) is 0 Å². The Morgan fingerprint density at radius 1 is 1.45 bits per heavy atom. The SMILES string of the molecule is CCCCc1nc(CN(C)C(=O)N[C@H](C(=O)O)C(C)C)cs1. The fourth-order valence-electron chi connectivity index (χ4n) is 1.94. The van der Waals surface area contributed by atoms with Crippen LogP contribution in [0, 0.1) is 5.92 Å². The average molecular weight is 327 g/mol. The average Bonchev–Trinajstić information content (AvgIpc) is 2.88. The maximum Gasteiger partial charge on any atom is 0.326 e. The molecule has 0 spiro atoms. The van der Waals surface area contributed by atoms with Crippen molar-refractivity contribution in [1.82, 2.24) is 15.2 Å². The second-order valence-electron chi connectivity index (χ2n) is 5.70. The maximum absolute atomic E-state index is 12.1. The van der Waals surface area contributed by atoms with Gasteiger partial charge in [0.15, 0.2) is 0 Å². The summed E-state index contributed by atoms with van der Waals surface area (Å²) in [6.45, 7) is 6.04. The molecule has 1 aromatic rings. The molecular formula is C15H25N3O3S. The van der Waals surface area contributed by atoms with E-state index in [4.69, 9.17) is 5.11 Å². The molecule has 124 valence electrons. The van der Waals surface area contributed by atoms with Crippen LogP contribution in [0.2, 0.25) is 0 Å². The number of nitrogens with one attached hydrogen (secondary N) is 1. The normalized spacial score (nSPS) is 12.2. The number of aliphatic carboxylic acids is 1. The van der Waals surface area contributed by atoms with Gasteiger partial charge in [-0.25, -0.2) is 14.6 Å². The number of amides is 2. The minimum absolute atomic E-state index is 0.172. The molecule has 1 atom stereocenters. The highest BCUT2D eigenvalue weighted by Crippen LogP contribution is 2.14. The summed E-state index contributed by atoms with van der Waals surface area (Å²) >= 11 is 1.60. The molecule has 0 aliphatic carbocycles. The number of hydrogen-bond donors (Lipinski definition) is 2. The van der Waals surface area contributed by atoms with Crippen molar-refractivity contribution in [3.8, 4) is 0 Å². The number of nitrogens with zero attached hydrogens (tertiary/aromatic N) is 2. The number of rotatable bonds is 8. The first kappa shape index (κ1) is 18.4. The monoisotopic (exact) mass is 327 g/mol. The largest absolute Gasteiger partial charge is 0.480 e. The summed E-state index contributed by atoms with van der Waals surface area (Å²) in [5, 5.41) is 14.7. The van der Waals surface area contributed by atoms with E-state index in [0.717, 1.165) is 30.0 Å². The number of carboxylic acid groups (broad SMARTS) is 1. The Kier molecular flexibility index (Phi) is 7.31. The lowest BCUT2D eigenvalue weighted by Crippen LogP contribution is -2.48. The fraction of sp³-hybridized carbons (Fsp3) is 0.667. The van der Waals surface area contributed by atoms with Gasteiger partial charge in [0.1, 0.15) is 6.04 Å². The Morgan fingerprint density at radius 3 is 2.68 bits per heavy atom. The number of hydrogen-bond acceptors (Lipinski definition) is 4. The second kappa shape index (κ2) is 8.73. The minimum Gasteiger partial charge on any atom is -0.480 e. The van der Waals surface area contributed by atoms with Gasteiger partial charge in [-0.15, -0.1) is 11.3 Å². The third-order valence-electron chi connectivity index (χ3n) is 3.30. The molecule has 0 bridgehead atoms. The number of urea groups is 1. The van der Waals surface area contributed by atoms with Gasteiger partial charge in [-0.05, 0) is 18.8 Å². The Labute approximate surface area is 135 Å². The van der Waals surface area contributed by atoms with Crippen LogP contribution >= 0.6 is 11.3 Å². The van der Waals surface area contributed by atoms with Gasteiger partial charge in [-0.2, -0.15) is 0 Å². The number of carboxylic acids is 1. The smallest absolute Gasteiger partial charge is 0.326 e. The van der Waals surface area contributed by atoms with Crippen molar-refractivity contribution in [2.45, 2.75) is 52.6 Å². The molecular weight excluding hydrogens is 302 g/mol. The van der Waals surface area contributed by atoms with Crippen LogP contribution < -0.4 is 5.32 Å². The first-order chi connectivity index (χ1) is 10.3. The topological polar surface area (TPSA) is 82.5 Å². The van der Waals surface area contributed by atoms with Gasteiger partial charge in [-0.3, -0.25) is 0 Å². The summed E-state index contributed by atoms with van der Waals surface area (Å²) in [5.41, 5.74) is 0.838. The zero-order chi connectivity index (χ0) is 16.7. The van der Waals surface area contributed by atoms with Crippen LogP contribution in [0.25, 0.3) is 0 Å². The molecule has 0 fully saturated rings. The molecule has 0 saturated carbocycles. The molecule has 0 radical (unpaired) electrons. The Hall–Kier alpha value is -1.63. The third-order valence-corrected chi connectivity index (χ3v) is 4.26. The molecule has 6 nitrogen and oxygen atoms in total. The zero-order valence-electron chi connectivity index (χ0n) is 13.6. The van der Waals surface area contributed by atoms with E-state index in [9.17, 15) is 9.59 Å². The molecule has 0 saturated heterocycles. The molecule has 22 heavy (non-hydrogen) atoms. The molecule has 1 rings (SSSR count). The predicted octanol–water partition coefficient (Wildman–Crippen LogP) is 2.74. The number of aromatic nitrogens is 1. The van der Waals surface area contributed by atoms with Gasteiger partial charge in [0.05, 0.1) is 17.2 Å². The number of carbonyl (C=O) groups excluding carboxylic acids is 1. The van der Waals surface area contributed by atoms with Crippen molar-refractivity contribution in [2.75, 3.05) is 7.05 Å². The maximum atomic E-state index is 12.1. The summed E-state index contributed by atoms with van der Waals surface area (Å²) in [6, 6.07) is -1.28. The first-order valence-electron chi connectivity index (χ1n) is 7.52. The summed E-state index contributed by atoms with van der Waals surface area (Å²) in [4.78, 5) is 29.1. The summed E-state index contributed by atoms with van der Waals surface area (Å²) in [6.07, 6.45) is 3.20. The van der Waals surface area contributed by atoms with E-state index in [-0.39, 0.29) is 5.92 Å². The lowest BCUT2D eigenvalue weighted by atomic mass is 10.1. The van der Waals surface area contributed by atoms with Crippen molar-refractivity contribution in [2.24, 2.45) is 5.92 Å². The highest BCUT2D eigenvalue weighted by molar-refractivity contribution is 7.09. The number of thiazole rings is 1. The van der Waals surface area contributed by atoms with Crippen LogP contribution in [-0.2, 0) is 17.8 Å². The van der Waals surface area contributed by atoms with Gasteiger partial charge in [-0.1, -0.05) is 27.2 Å². The molecule has 1 aromatic heterocycles. The molecule has 0 aliphatic heterocycles. The van der Waals surface area contributed by atoms with Gasteiger partial charge in [0.25, 0.3) is 0 Å². The predicted molar refractivity (Wildman–Crippen MR) is 87.0 cm³/mol. The van der Waals surface area contributed by atoms with E-state index in [1.54, 1.807) is 32.2 Å². The third kappa shape index (κ3) is 5.63. The van der Waals surface area contributed by atoms with E-state index in [1.165, 1.54) is 4.90 Å². The van der Waals surface area contributed by atoms with Crippen molar-refractivity contribution in [1.29, 1.82) is 0 Å². The van der Waals surface area contributed by atoms with Crippen molar-refractivity contribution >= 4 is 23.3 Å². The molecule has 1 heterocycles. The van der Waals surface area contributed by atoms with Crippen LogP contribution in [0.1, 0.15) is 44.3 Å². The van der Waals surface area contributed by atoms with E-state index in [1.807, 2.05) is 5.38 Å². The van der Waals surface area contributed by atoms with E-state index in [2.05, 4.69) is 17.2 Å². The van der Waals surface area contributed by atoms with Crippen molar-refractivity contribution < 1.29 is 14.7 Å². The Morgan fingerprint density at radius 2 is 2.14 bits per heavy atom. The summed E-state index contributed by atoms with van der Waals surface area (Å²) in [5.74, 6) is -1.19. The number of carbonyl (C=O) groups is 2. The zero-order valence-corrected chi connectivity index (χ0v) is 14.4. The van der Waals surface area contributed by atoms with Crippen molar-refractivity contribution in [3.05, 3.63) is 16.1 Å². The van der Waals surface area contributed by atoms with Crippen LogP contribution in [0.15, 0.2) is 5.38 Å². The second-order valence-corrected chi connectivity index (χ2v) is 6.64. The molecule has 0 aliphatic rings. The molecule has 0 aromatic carbocycles. The molecule has 2 amide bonds. The van der Waals surface area contributed by atoms with E-state index in [0.29, 0.717) is 6.54 Å². The summed E-state index contributed by atoms with van der Waals surface area (Å²) < 4.78 is 0. The molecule has 2 N–H and O–H groups in total. The van der Waals surface area contributed by atoms with Gasteiger partial charge in [0, 0.05) is 12.4 Å². The van der Waals surface area contributed by atoms with Crippen LogP contribution in [0.3, 0.4) is 0 Å². The first-order valence-corrected chi connectivity index (χ1v) is 8.40.